The maximum absolute atomic E-state index is 10.6. The summed E-state index contributed by atoms with van der Waals surface area (Å²) in [6.45, 7) is 0. The minimum atomic E-state index is -6.65. The molecule has 7 heteroatoms. The van der Waals surface area contributed by atoms with E-state index in [1.54, 1.807) is 0 Å². The number of rotatable bonds is 7. The molecule has 0 fully saturated rings. The predicted octanol–water partition coefficient (Wildman–Crippen LogP) is 10.4. The molecule has 11 aromatic carbocycles. The highest BCUT2D eigenvalue weighted by Gasteiger charge is 2.50. The van der Waals surface area contributed by atoms with Gasteiger partial charge in [-0.25, -0.2) is 15.0 Å². The maximum atomic E-state index is 10.6. The van der Waals surface area contributed by atoms with Gasteiger partial charge in [-0.05, 0) is 65.7 Å². The molecule has 0 saturated heterocycles. The van der Waals surface area contributed by atoms with Crippen LogP contribution in [0, 0.1) is 0 Å². The SMILES string of the molecule is [2H]c1c([2H])c([2H])c(-c2nc(-c3c([2H])c([2H])c([2H])c4c3-n3c5c([2H])c([2H])c([2H])c([2H])c5c5c([2H])c([2H])c([2H])c(c53)[Si]4(c3c([2H])c([2H])c([2H])c([2H])c3[2H])c3c([2H])c([2H])c([2H])c([2H])c3[2H])nc(-c3c([2H])c([2H])c([2H])c4c3-n3c5c([2H])c([2H])c([2H])c([2H])c5c5c([2H])c([2H])c([2H])c(c53)[Si]4(c3c([2H])c([2H])c([2H])c([2H])c3[2H])c3c([2H])c([2H])c([2H])c([2H])c3[2H])n2)c([2H])c1[2H]. The van der Waals surface area contributed by atoms with Crippen molar-refractivity contribution in [3.05, 3.63) is 272 Å². The molecule has 0 bridgehead atoms. The van der Waals surface area contributed by atoms with Crippen molar-refractivity contribution in [2.24, 2.45) is 0 Å². The lowest BCUT2D eigenvalue weighted by atomic mass is 10.1. The van der Waals surface area contributed by atoms with Crippen LogP contribution in [-0.4, -0.2) is 40.2 Å². The van der Waals surface area contributed by atoms with Crippen LogP contribution in [0.4, 0.5) is 0 Å². The van der Waals surface area contributed by atoms with E-state index in [0.29, 0.717) is 9.13 Å². The summed E-state index contributed by atoms with van der Waals surface area (Å²) in [5.74, 6) is -4.09. The molecule has 0 atom stereocenters. The molecule has 2 aliphatic heterocycles. The van der Waals surface area contributed by atoms with Crippen LogP contribution in [0.5, 0.6) is 0 Å². The van der Waals surface area contributed by atoms with E-state index in [0.717, 1.165) is 0 Å². The number of para-hydroxylation sites is 6. The lowest BCUT2D eigenvalue weighted by Crippen LogP contribution is -2.76. The second-order valence-electron chi connectivity index (χ2n) is 16.8. The van der Waals surface area contributed by atoms with Crippen LogP contribution >= 0.6 is 0 Å². The molecule has 16 rings (SSSR count). The van der Waals surface area contributed by atoms with Crippen molar-refractivity contribution in [1.29, 1.82) is 0 Å². The lowest BCUT2D eigenvalue weighted by molar-refractivity contribution is 1.06. The van der Waals surface area contributed by atoms with Gasteiger partial charge in [0.25, 0.3) is 0 Å². The van der Waals surface area contributed by atoms with Crippen LogP contribution in [0.3, 0.4) is 0 Å². The first-order valence-corrected chi connectivity index (χ1v) is 26.4. The predicted molar refractivity (Wildman–Crippen MR) is 319 cm³/mol. The highest BCUT2D eigenvalue weighted by atomic mass is 28.3. The van der Waals surface area contributed by atoms with Gasteiger partial charge in [0.15, 0.2) is 33.6 Å². The number of aromatic nitrogens is 5. The van der Waals surface area contributed by atoms with E-state index < -0.39 is 419 Å². The number of hydrogen-bond donors (Lipinski definition) is 0. The second kappa shape index (κ2) is 16.5. The zero-order valence-corrected chi connectivity index (χ0v) is 39.7. The van der Waals surface area contributed by atoms with Gasteiger partial charge in [0.1, 0.15) is 0 Å². The van der Waals surface area contributed by atoms with E-state index in [2.05, 4.69) is 9.97 Å². The lowest BCUT2D eigenvalue weighted by Gasteiger charge is -2.40. The number of benzene rings is 11. The summed E-state index contributed by atoms with van der Waals surface area (Å²) >= 11 is 0. The third-order valence-electron chi connectivity index (χ3n) is 13.4. The summed E-state index contributed by atoms with van der Waals surface area (Å²) in [4.78, 5) is 14.2. The molecular formula is C69H45N5Si2. The fourth-order valence-corrected chi connectivity index (χ4v) is 18.9. The molecule has 0 unspecified atom stereocenters. The highest BCUT2D eigenvalue weighted by molar-refractivity contribution is 7.22. The first-order valence-electron chi connectivity index (χ1n) is 44.9. The van der Waals surface area contributed by atoms with Crippen LogP contribution in [-0.2, 0) is 0 Å². The van der Waals surface area contributed by atoms with Crippen molar-refractivity contribution in [1.82, 2.24) is 24.1 Å². The fraction of sp³-hybridized carbons (Fsp3) is 0. The summed E-state index contributed by atoms with van der Waals surface area (Å²) in [5, 5.41) is -12.3. The molecule has 0 saturated carbocycles. The van der Waals surface area contributed by atoms with Crippen LogP contribution in [0.25, 0.3) is 89.2 Å². The summed E-state index contributed by atoms with van der Waals surface area (Å²) in [6.07, 6.45) is 0. The maximum Gasteiger partial charge on any atom is 0.184 e. The summed E-state index contributed by atoms with van der Waals surface area (Å²) in [7, 11) is -13.3. The fourth-order valence-electron chi connectivity index (χ4n) is 10.6. The number of fused-ring (bicyclic) bond motifs is 10. The van der Waals surface area contributed by atoms with Crippen LogP contribution in [0.2, 0.25) is 0 Å². The van der Waals surface area contributed by atoms with Gasteiger partial charge >= 0.3 is 0 Å². The zero-order chi connectivity index (χ0) is 89.1. The Balaban J connectivity index is 1.27. The Morgan fingerprint density at radius 2 is 0.592 bits per heavy atom. The third kappa shape index (κ3) is 5.75. The molecule has 5 heterocycles. The Morgan fingerprint density at radius 1 is 0.276 bits per heavy atom. The minimum absolute atomic E-state index is 0.691. The van der Waals surface area contributed by atoms with Gasteiger partial charge in [0.05, 0.1) is 95.1 Å². The van der Waals surface area contributed by atoms with Crippen molar-refractivity contribution >= 4 is 101 Å². The number of nitrogens with zero attached hydrogens (tertiary/aromatic N) is 5. The first kappa shape index (κ1) is 17.8. The van der Waals surface area contributed by atoms with Crippen molar-refractivity contribution in [3.8, 4) is 45.5 Å². The van der Waals surface area contributed by atoms with E-state index in [1.807, 2.05) is 0 Å². The third-order valence-corrected chi connectivity index (χ3v) is 21.8. The van der Waals surface area contributed by atoms with E-state index in [-0.39, 0.29) is 0 Å². The Morgan fingerprint density at radius 3 is 1.00 bits per heavy atom. The molecule has 354 valence electrons. The van der Waals surface area contributed by atoms with Crippen molar-refractivity contribution in [2.45, 2.75) is 0 Å². The molecule has 14 aromatic rings. The summed E-state index contributed by atoms with van der Waals surface area (Å²) in [5.41, 5.74) is -9.59. The van der Waals surface area contributed by atoms with Gasteiger partial charge in [-0.15, -0.1) is 0 Å². The molecule has 3 aromatic heterocycles. The normalized spacial score (nSPS) is 22.0. The van der Waals surface area contributed by atoms with E-state index in [4.69, 9.17) is 17.3 Å². The Kier molecular flexibility index (Phi) is 3.86. The largest absolute Gasteiger partial charge is 0.309 e. The monoisotopic (exact) mass is 1040 g/mol. The molecule has 0 aliphatic carbocycles. The molecule has 2 aliphatic rings. The van der Waals surface area contributed by atoms with Gasteiger partial charge < -0.3 is 9.13 Å². The van der Waals surface area contributed by atoms with E-state index >= 15 is 0 Å². The molecule has 0 radical (unpaired) electrons. The molecule has 0 amide bonds. The zero-order valence-electron chi connectivity index (χ0n) is 82.7. The van der Waals surface area contributed by atoms with Gasteiger partial charge in [0, 0.05) is 38.2 Å². The van der Waals surface area contributed by atoms with E-state index in [1.165, 1.54) is 0 Å². The van der Waals surface area contributed by atoms with E-state index in [9.17, 15) is 49.3 Å². The summed E-state index contributed by atoms with van der Waals surface area (Å²) < 4.78 is 436. The topological polar surface area (TPSA) is 48.5 Å². The van der Waals surface area contributed by atoms with Crippen LogP contribution in [0.1, 0.15) is 61.7 Å². The van der Waals surface area contributed by atoms with Crippen LogP contribution < -0.4 is 41.5 Å². The van der Waals surface area contributed by atoms with Gasteiger partial charge in [-0.3, -0.25) is 0 Å². The Labute approximate surface area is 504 Å². The molecule has 5 nitrogen and oxygen atoms in total. The van der Waals surface area contributed by atoms with Gasteiger partial charge in [-0.1, -0.05) is 248 Å². The average molecular weight is 1050 g/mol. The average Bonchev–Trinajstić information content (AvgIpc) is 1.60. The van der Waals surface area contributed by atoms with Gasteiger partial charge in [0.2, 0.25) is 0 Å². The second-order valence-corrected chi connectivity index (χ2v) is 23.8. The van der Waals surface area contributed by atoms with Crippen molar-refractivity contribution < 1.29 is 61.7 Å². The molecule has 0 spiro atoms. The quantitative estimate of drug-likeness (QED) is 0.150. The number of hydrogen-bond acceptors (Lipinski definition) is 3. The standard InChI is InChI=1S/C69H45N5Si2/c1-6-24-46(25-7-1)67-70-68(55-38-22-44-61-65(55)73-57-40-18-16-34-51(57)53-36-20-42-59(63(53)73)75(61,47-26-8-2-9-27-47)48-28-10-3-11-29-48)72-69(71-67)56-39-23-45-62-66(56)74-58-41-19-17-35-52(58)54-37-21-43-60(64(54)74)76(62,49-30-12-4-13-31-49)50-32-14-5-15-33-50/h1-45H/i1D,2D,3D,4D,5D,6D,7D,8D,9D,10D,11D,12D,13D,14D,15D,16D,17D,18D,19D,20D,21D,22D,23D,24D,25D,26D,27D,28D,29D,30D,31D,32D,33D,34D,35D,36D,37D,38D,39D,40D,41D,42D,43D,44D,45D. The highest BCUT2D eigenvalue weighted by Crippen LogP contribution is 2.42. The Bertz CT molecular complexity index is 6740. The van der Waals surface area contributed by atoms with Crippen LogP contribution in [0.15, 0.2) is 272 Å². The Hall–Kier alpha value is -9.54. The summed E-state index contributed by atoms with van der Waals surface area (Å²) in [6, 6.07) is -56.8. The van der Waals surface area contributed by atoms with Gasteiger partial charge in [-0.2, -0.15) is 0 Å². The minimum Gasteiger partial charge on any atom is -0.309 e. The van der Waals surface area contributed by atoms with Crippen molar-refractivity contribution in [2.75, 3.05) is 0 Å². The molecule has 0 N–H and O–H groups in total. The van der Waals surface area contributed by atoms with Crippen molar-refractivity contribution in [3.63, 3.8) is 0 Å². The first-order chi connectivity index (χ1) is 56.4. The molecular weight excluding hydrogens is 955 g/mol. The molecule has 76 heavy (non-hydrogen) atoms. The smallest absolute Gasteiger partial charge is 0.184 e.